The molecule has 0 atom stereocenters. The van der Waals surface area contributed by atoms with Crippen LogP contribution in [0.25, 0.3) is 0 Å². The Labute approximate surface area is 189 Å². The van der Waals surface area contributed by atoms with Crippen LogP contribution in [0.1, 0.15) is 30.0 Å². The number of nitrogens with one attached hydrogen (secondary N) is 1. The summed E-state index contributed by atoms with van der Waals surface area (Å²) in [5, 5.41) is 6.76. The molecule has 2 amide bonds. The third-order valence-electron chi connectivity index (χ3n) is 4.96. The molecule has 1 N–H and O–H groups in total. The molecule has 1 heterocycles. The molecule has 2 aromatic carbocycles. The number of oxime groups is 1. The lowest BCUT2D eigenvalue weighted by molar-refractivity contribution is -0.139. The van der Waals surface area contributed by atoms with Crippen LogP contribution in [0.2, 0.25) is 0 Å². The van der Waals surface area contributed by atoms with Crippen LogP contribution in [0.3, 0.4) is 0 Å². The number of hydrogen-bond donors (Lipinski definition) is 1. The Hall–Kier alpha value is -3.56. The molecule has 1 aliphatic heterocycles. The zero-order valence-corrected chi connectivity index (χ0v) is 18.0. The Bertz CT molecular complexity index is 990. The molecule has 0 unspecified atom stereocenters. The molecular formula is C23H24F3N3O4. The Morgan fingerprint density at radius 2 is 1.82 bits per heavy atom. The topological polar surface area (TPSA) is 80.2 Å². The summed E-state index contributed by atoms with van der Waals surface area (Å²) >= 11 is 0. The summed E-state index contributed by atoms with van der Waals surface area (Å²) in [5.41, 5.74) is 1.30. The highest BCUT2D eigenvalue weighted by atomic mass is 19.4. The van der Waals surface area contributed by atoms with Gasteiger partial charge in [-0.3, -0.25) is 9.59 Å². The van der Waals surface area contributed by atoms with Gasteiger partial charge < -0.3 is 19.8 Å². The van der Waals surface area contributed by atoms with Gasteiger partial charge in [0.2, 0.25) is 5.91 Å². The highest BCUT2D eigenvalue weighted by Crippen LogP contribution is 2.29. The van der Waals surface area contributed by atoms with Crippen molar-refractivity contribution in [1.82, 2.24) is 10.2 Å². The van der Waals surface area contributed by atoms with Crippen LogP contribution in [0.15, 0.2) is 53.7 Å². The van der Waals surface area contributed by atoms with Crippen molar-refractivity contribution in [3.05, 3.63) is 65.2 Å². The van der Waals surface area contributed by atoms with E-state index in [-0.39, 0.29) is 31.6 Å². The maximum absolute atomic E-state index is 12.6. The predicted octanol–water partition coefficient (Wildman–Crippen LogP) is 3.37. The average molecular weight is 463 g/mol. The molecule has 0 radical (unpaired) electrons. The van der Waals surface area contributed by atoms with Gasteiger partial charge >= 0.3 is 6.18 Å². The zero-order valence-electron chi connectivity index (χ0n) is 18.0. The molecule has 33 heavy (non-hydrogen) atoms. The lowest BCUT2D eigenvalue weighted by Gasteiger charge is -2.26. The van der Waals surface area contributed by atoms with Crippen LogP contribution >= 0.6 is 0 Å². The normalized spacial score (nSPS) is 14.6. The summed E-state index contributed by atoms with van der Waals surface area (Å²) in [6.45, 7) is 2.69. The summed E-state index contributed by atoms with van der Waals surface area (Å²) in [5.74, 6) is 0.0435. The minimum absolute atomic E-state index is 0.0317. The Balaban J connectivity index is 1.52. The van der Waals surface area contributed by atoms with Crippen molar-refractivity contribution in [3.63, 3.8) is 0 Å². The first-order chi connectivity index (χ1) is 15.8. The molecule has 176 valence electrons. The van der Waals surface area contributed by atoms with Crippen LogP contribution in [0.4, 0.5) is 13.2 Å². The second-order valence-electron chi connectivity index (χ2n) is 7.34. The first-order valence-corrected chi connectivity index (χ1v) is 10.4. The van der Waals surface area contributed by atoms with Crippen molar-refractivity contribution in [3.8, 4) is 5.75 Å². The number of nitrogens with zero attached hydrogens (tertiary/aromatic N) is 2. The molecule has 10 heteroatoms. The van der Waals surface area contributed by atoms with E-state index < -0.39 is 11.7 Å². The second kappa shape index (κ2) is 10.8. The van der Waals surface area contributed by atoms with Gasteiger partial charge in [0.1, 0.15) is 12.4 Å². The number of benzene rings is 2. The zero-order chi connectivity index (χ0) is 23.8. The molecule has 0 aromatic heterocycles. The van der Waals surface area contributed by atoms with Gasteiger partial charge in [-0.2, -0.15) is 13.2 Å². The maximum Gasteiger partial charge on any atom is 0.416 e. The number of piperazine rings is 1. The monoisotopic (exact) mass is 463 g/mol. The molecular weight excluding hydrogens is 439 g/mol. The molecule has 1 saturated heterocycles. The number of alkyl halides is 3. The minimum atomic E-state index is -4.37. The molecule has 0 aliphatic carbocycles. The van der Waals surface area contributed by atoms with Gasteiger partial charge in [-0.15, -0.1) is 0 Å². The third-order valence-corrected chi connectivity index (χ3v) is 4.96. The van der Waals surface area contributed by atoms with Gasteiger partial charge in [0, 0.05) is 13.1 Å². The average Bonchev–Trinajstić information content (AvgIpc) is 2.80. The maximum atomic E-state index is 12.6. The third kappa shape index (κ3) is 6.96. The van der Waals surface area contributed by atoms with E-state index in [0.29, 0.717) is 36.5 Å². The molecule has 0 spiro atoms. The van der Waals surface area contributed by atoms with E-state index >= 15 is 0 Å². The summed E-state index contributed by atoms with van der Waals surface area (Å²) in [7, 11) is 0. The lowest BCUT2D eigenvalue weighted by atomic mass is 10.1. The van der Waals surface area contributed by atoms with Crippen molar-refractivity contribution in [2.45, 2.75) is 26.1 Å². The van der Waals surface area contributed by atoms with Gasteiger partial charge in [0.15, 0.2) is 6.61 Å². The smallest absolute Gasteiger partial charge is 0.416 e. The Morgan fingerprint density at radius 3 is 2.42 bits per heavy atom. The lowest BCUT2D eigenvalue weighted by Crippen LogP contribution is -2.51. The van der Waals surface area contributed by atoms with Crippen LogP contribution < -0.4 is 10.1 Å². The van der Waals surface area contributed by atoms with E-state index in [9.17, 15) is 22.8 Å². The van der Waals surface area contributed by atoms with E-state index in [1.54, 1.807) is 24.3 Å². The molecule has 1 fully saturated rings. The largest absolute Gasteiger partial charge is 0.484 e. The van der Waals surface area contributed by atoms with Crippen molar-refractivity contribution in [2.75, 3.05) is 26.2 Å². The predicted molar refractivity (Wildman–Crippen MR) is 115 cm³/mol. The molecule has 7 nitrogen and oxygen atoms in total. The SMILES string of the molecule is CCC(=NOCc1ccc(C(F)(F)F)cc1)c1ccc(OCC(=O)N2CCNC(=O)C2)cc1. The highest BCUT2D eigenvalue weighted by molar-refractivity contribution is 6.00. The Morgan fingerprint density at radius 1 is 1.12 bits per heavy atom. The number of rotatable bonds is 8. The number of amides is 2. The molecule has 3 rings (SSSR count). The van der Waals surface area contributed by atoms with Crippen LogP contribution in [-0.4, -0.2) is 48.7 Å². The molecule has 0 saturated carbocycles. The van der Waals surface area contributed by atoms with E-state index in [4.69, 9.17) is 9.57 Å². The van der Waals surface area contributed by atoms with Crippen molar-refractivity contribution in [1.29, 1.82) is 0 Å². The standard InChI is InChI=1S/C23H24F3N3O4/c1-2-20(28-33-14-16-3-7-18(8-4-16)23(24,25)26)17-5-9-19(10-6-17)32-15-22(31)29-12-11-27-21(30)13-29/h3-10H,2,11-15H2,1H3,(H,27,30). The number of hydrogen-bond acceptors (Lipinski definition) is 5. The van der Waals surface area contributed by atoms with Crippen molar-refractivity contribution in [2.24, 2.45) is 5.16 Å². The van der Waals surface area contributed by atoms with E-state index in [0.717, 1.165) is 17.7 Å². The van der Waals surface area contributed by atoms with Crippen LogP contribution in [0.5, 0.6) is 5.75 Å². The van der Waals surface area contributed by atoms with Gasteiger partial charge in [-0.25, -0.2) is 0 Å². The van der Waals surface area contributed by atoms with Crippen molar-refractivity contribution < 1.29 is 32.3 Å². The number of halogens is 3. The van der Waals surface area contributed by atoms with E-state index in [1.807, 2.05) is 6.92 Å². The second-order valence-corrected chi connectivity index (χ2v) is 7.34. The van der Waals surface area contributed by atoms with Crippen LogP contribution in [-0.2, 0) is 27.2 Å². The minimum Gasteiger partial charge on any atom is -0.484 e. The van der Waals surface area contributed by atoms with Crippen LogP contribution in [0, 0.1) is 0 Å². The summed E-state index contributed by atoms with van der Waals surface area (Å²) in [4.78, 5) is 30.3. The molecule has 0 bridgehead atoms. The number of carbonyl (C=O) groups excluding carboxylic acids is 2. The fraction of sp³-hybridized carbons (Fsp3) is 0.348. The quantitative estimate of drug-likeness (QED) is 0.481. The summed E-state index contributed by atoms with van der Waals surface area (Å²) in [6.07, 6.45) is -3.80. The fourth-order valence-electron chi connectivity index (χ4n) is 3.13. The first-order valence-electron chi connectivity index (χ1n) is 10.4. The van der Waals surface area contributed by atoms with E-state index in [2.05, 4.69) is 10.5 Å². The summed E-state index contributed by atoms with van der Waals surface area (Å²) in [6, 6.07) is 11.7. The number of carbonyl (C=O) groups is 2. The molecule has 2 aromatic rings. The van der Waals surface area contributed by atoms with Crippen molar-refractivity contribution >= 4 is 17.5 Å². The van der Waals surface area contributed by atoms with Gasteiger partial charge in [0.05, 0.1) is 17.8 Å². The molecule has 1 aliphatic rings. The Kier molecular flexibility index (Phi) is 7.92. The van der Waals surface area contributed by atoms with E-state index in [1.165, 1.54) is 17.0 Å². The first kappa shape index (κ1) is 24.1. The summed E-state index contributed by atoms with van der Waals surface area (Å²) < 4.78 is 43.4. The fourth-order valence-corrected chi connectivity index (χ4v) is 3.13. The highest BCUT2D eigenvalue weighted by Gasteiger charge is 2.29. The van der Waals surface area contributed by atoms with Gasteiger partial charge in [0.25, 0.3) is 5.91 Å². The van der Waals surface area contributed by atoms with Gasteiger partial charge in [-0.1, -0.05) is 24.2 Å². The number of ether oxygens (including phenoxy) is 1. The van der Waals surface area contributed by atoms with Gasteiger partial charge in [-0.05, 0) is 53.9 Å².